The zero-order valence-electron chi connectivity index (χ0n) is 15.0. The zero-order valence-corrected chi connectivity index (χ0v) is 15.0. The van der Waals surface area contributed by atoms with E-state index in [9.17, 15) is 13.9 Å². The number of aliphatic hydroxyl groups is 1. The molecule has 0 aliphatic carbocycles. The van der Waals surface area contributed by atoms with E-state index in [-0.39, 0.29) is 18.2 Å². The number of hydrogen-bond donors (Lipinski definition) is 1. The predicted molar refractivity (Wildman–Crippen MR) is 94.4 cm³/mol. The maximum absolute atomic E-state index is 13.9. The van der Waals surface area contributed by atoms with E-state index in [0.29, 0.717) is 19.0 Å². The summed E-state index contributed by atoms with van der Waals surface area (Å²) in [6, 6.07) is 4.85. The first-order valence-corrected chi connectivity index (χ1v) is 9.29. The van der Waals surface area contributed by atoms with Crippen LogP contribution in [0.3, 0.4) is 0 Å². The van der Waals surface area contributed by atoms with Gasteiger partial charge in [0.05, 0.1) is 0 Å². The van der Waals surface area contributed by atoms with Crippen LogP contribution in [0.25, 0.3) is 0 Å². The molecule has 0 radical (unpaired) electrons. The van der Waals surface area contributed by atoms with Crippen molar-refractivity contribution in [2.45, 2.75) is 37.9 Å². The lowest BCUT2D eigenvalue weighted by atomic mass is 9.98. The molecule has 1 unspecified atom stereocenters. The van der Waals surface area contributed by atoms with Crippen LogP contribution in [-0.4, -0.2) is 78.3 Å². The predicted octanol–water partition coefficient (Wildman–Crippen LogP) is 1.93. The van der Waals surface area contributed by atoms with Crippen molar-refractivity contribution in [3.8, 4) is 0 Å². The van der Waals surface area contributed by atoms with Crippen molar-refractivity contribution < 1.29 is 13.9 Å². The Morgan fingerprint density at radius 1 is 1.08 bits per heavy atom. The Labute approximate surface area is 149 Å². The van der Waals surface area contributed by atoms with Crippen molar-refractivity contribution in [3.05, 3.63) is 35.4 Å². The van der Waals surface area contributed by atoms with Gasteiger partial charge in [-0.2, -0.15) is 0 Å². The number of hydrogen-bond acceptors (Lipinski definition) is 4. The third-order valence-electron chi connectivity index (χ3n) is 5.68. The second-order valence-electron chi connectivity index (χ2n) is 7.37. The highest BCUT2D eigenvalue weighted by atomic mass is 19.1. The molecule has 1 atom stereocenters. The van der Waals surface area contributed by atoms with E-state index >= 15 is 0 Å². The molecule has 4 nitrogen and oxygen atoms in total. The lowest BCUT2D eigenvalue weighted by molar-refractivity contribution is 0.00540. The summed E-state index contributed by atoms with van der Waals surface area (Å²) >= 11 is 0. The lowest BCUT2D eigenvalue weighted by Crippen LogP contribution is -2.58. The van der Waals surface area contributed by atoms with Crippen LogP contribution in [0.2, 0.25) is 0 Å². The molecular weight excluding hydrogens is 324 g/mol. The molecule has 0 aromatic heterocycles. The molecule has 2 aliphatic heterocycles. The average molecular weight is 353 g/mol. The Balaban J connectivity index is 1.64. The number of piperidine rings is 1. The fraction of sp³-hybridized carbons (Fsp3) is 0.684. The van der Waals surface area contributed by atoms with E-state index in [0.717, 1.165) is 45.6 Å². The molecule has 1 aromatic carbocycles. The molecule has 1 N–H and O–H groups in total. The molecule has 140 valence electrons. The number of rotatable bonds is 5. The second kappa shape index (κ2) is 8.54. The Bertz CT molecular complexity index is 543. The van der Waals surface area contributed by atoms with Crippen LogP contribution in [0.5, 0.6) is 0 Å². The Kier molecular flexibility index (Phi) is 6.39. The monoisotopic (exact) mass is 353 g/mol. The Morgan fingerprint density at radius 2 is 1.76 bits per heavy atom. The van der Waals surface area contributed by atoms with E-state index < -0.39 is 11.6 Å². The normalized spacial score (nSPS) is 24.7. The van der Waals surface area contributed by atoms with Gasteiger partial charge in [0, 0.05) is 50.4 Å². The highest BCUT2D eigenvalue weighted by Gasteiger charge is 2.33. The van der Waals surface area contributed by atoms with Gasteiger partial charge in [-0.05, 0) is 51.5 Å². The molecule has 0 saturated carbocycles. The van der Waals surface area contributed by atoms with Gasteiger partial charge >= 0.3 is 0 Å². The standard InChI is InChI=1S/C19H29F2N3O/c1-22-8-5-15(6-9-22)24-11-10-23(13-16(24)7-12-25)14-17-18(20)3-2-4-19(17)21/h2-4,15-16,25H,5-14H2,1H3. The van der Waals surface area contributed by atoms with Crippen molar-refractivity contribution in [2.24, 2.45) is 0 Å². The molecule has 0 bridgehead atoms. The summed E-state index contributed by atoms with van der Waals surface area (Å²) in [4.78, 5) is 7.00. The topological polar surface area (TPSA) is 30.0 Å². The number of benzene rings is 1. The van der Waals surface area contributed by atoms with Crippen LogP contribution in [-0.2, 0) is 6.54 Å². The molecule has 0 amide bonds. The highest BCUT2D eigenvalue weighted by molar-refractivity contribution is 5.19. The molecule has 25 heavy (non-hydrogen) atoms. The van der Waals surface area contributed by atoms with Crippen LogP contribution in [0.1, 0.15) is 24.8 Å². The van der Waals surface area contributed by atoms with Crippen molar-refractivity contribution >= 4 is 0 Å². The van der Waals surface area contributed by atoms with Gasteiger partial charge in [0.2, 0.25) is 0 Å². The molecule has 2 heterocycles. The third-order valence-corrected chi connectivity index (χ3v) is 5.68. The summed E-state index contributed by atoms with van der Waals surface area (Å²) in [5.74, 6) is -0.951. The van der Waals surface area contributed by atoms with Gasteiger partial charge in [-0.3, -0.25) is 9.80 Å². The smallest absolute Gasteiger partial charge is 0.130 e. The number of likely N-dealkylation sites (tertiary alicyclic amines) is 1. The Morgan fingerprint density at radius 3 is 2.40 bits per heavy atom. The van der Waals surface area contributed by atoms with E-state index in [1.165, 1.54) is 18.2 Å². The average Bonchev–Trinajstić information content (AvgIpc) is 2.60. The lowest BCUT2D eigenvalue weighted by Gasteiger charge is -2.47. The van der Waals surface area contributed by atoms with Crippen molar-refractivity contribution in [2.75, 3.05) is 46.4 Å². The van der Waals surface area contributed by atoms with Crippen LogP contribution in [0, 0.1) is 11.6 Å². The first-order valence-electron chi connectivity index (χ1n) is 9.29. The van der Waals surface area contributed by atoms with Crippen LogP contribution >= 0.6 is 0 Å². The van der Waals surface area contributed by atoms with Gasteiger partial charge in [0.25, 0.3) is 0 Å². The van der Waals surface area contributed by atoms with E-state index in [4.69, 9.17) is 0 Å². The third kappa shape index (κ3) is 4.56. The quantitative estimate of drug-likeness (QED) is 0.876. The summed E-state index contributed by atoms with van der Waals surface area (Å²) in [6.07, 6.45) is 3.02. The van der Waals surface area contributed by atoms with Gasteiger partial charge in [-0.1, -0.05) is 6.07 Å². The van der Waals surface area contributed by atoms with E-state index in [1.54, 1.807) is 0 Å². The summed E-state index contributed by atoms with van der Waals surface area (Å²) in [6.45, 7) is 5.11. The summed E-state index contributed by atoms with van der Waals surface area (Å²) < 4.78 is 27.9. The van der Waals surface area contributed by atoms with E-state index in [2.05, 4.69) is 21.7 Å². The van der Waals surface area contributed by atoms with Crippen molar-refractivity contribution in [3.63, 3.8) is 0 Å². The highest BCUT2D eigenvalue weighted by Crippen LogP contribution is 2.24. The van der Waals surface area contributed by atoms with Crippen molar-refractivity contribution in [1.82, 2.24) is 14.7 Å². The van der Waals surface area contributed by atoms with Gasteiger partial charge < -0.3 is 10.0 Å². The van der Waals surface area contributed by atoms with Crippen molar-refractivity contribution in [1.29, 1.82) is 0 Å². The molecule has 6 heteroatoms. The van der Waals surface area contributed by atoms with Gasteiger partial charge in [-0.25, -0.2) is 8.78 Å². The minimum absolute atomic E-state index is 0.149. The molecule has 3 rings (SSSR count). The fourth-order valence-electron chi connectivity index (χ4n) is 4.20. The summed E-state index contributed by atoms with van der Waals surface area (Å²) in [5.41, 5.74) is 0.151. The molecule has 2 saturated heterocycles. The largest absolute Gasteiger partial charge is 0.396 e. The second-order valence-corrected chi connectivity index (χ2v) is 7.37. The van der Waals surface area contributed by atoms with Gasteiger partial charge in [0.1, 0.15) is 11.6 Å². The molecule has 0 spiro atoms. The minimum atomic E-state index is -0.476. The molecule has 1 aromatic rings. The van der Waals surface area contributed by atoms with E-state index in [1.807, 2.05) is 0 Å². The SMILES string of the molecule is CN1CCC(N2CCN(Cc3c(F)cccc3F)CC2CCO)CC1. The van der Waals surface area contributed by atoms with Gasteiger partial charge in [0.15, 0.2) is 0 Å². The first-order chi connectivity index (χ1) is 12.1. The fourth-order valence-corrected chi connectivity index (χ4v) is 4.20. The zero-order chi connectivity index (χ0) is 17.8. The summed E-state index contributed by atoms with van der Waals surface area (Å²) in [5, 5.41) is 9.47. The summed E-state index contributed by atoms with van der Waals surface area (Å²) in [7, 11) is 2.16. The van der Waals surface area contributed by atoms with Gasteiger partial charge in [-0.15, -0.1) is 0 Å². The molecule has 2 aliphatic rings. The minimum Gasteiger partial charge on any atom is -0.396 e. The first kappa shape index (κ1) is 18.7. The number of halogens is 2. The number of piperazine rings is 1. The molecule has 2 fully saturated rings. The van der Waals surface area contributed by atoms with Crippen LogP contribution < -0.4 is 0 Å². The maximum atomic E-state index is 13.9. The van der Waals surface area contributed by atoms with Crippen LogP contribution in [0.15, 0.2) is 18.2 Å². The Hall–Kier alpha value is -1.08. The molecular formula is C19H29F2N3O. The number of nitrogens with zero attached hydrogens (tertiary/aromatic N) is 3. The number of aliphatic hydroxyl groups excluding tert-OH is 1. The maximum Gasteiger partial charge on any atom is 0.130 e. The van der Waals surface area contributed by atoms with Crippen LogP contribution in [0.4, 0.5) is 8.78 Å².